The quantitative estimate of drug-likeness (QED) is 0.617. The zero-order chi connectivity index (χ0) is 10.1. The number of carbonyl (C=O) groups is 1. The molecule has 0 bridgehead atoms. The fourth-order valence-corrected chi connectivity index (χ4v) is 1.37. The number of pyridine rings is 1. The first kappa shape index (κ1) is 8.96. The average molecular weight is 193 g/mol. The zero-order valence-electron chi connectivity index (χ0n) is 7.80. The highest BCUT2D eigenvalue weighted by molar-refractivity contribution is 5.98. The molecule has 1 aromatic rings. The number of amides is 1. The summed E-state index contributed by atoms with van der Waals surface area (Å²) < 4.78 is 5.37. The third-order valence-electron chi connectivity index (χ3n) is 2.19. The standard InChI is InChI=1S/C9H11N3O2/c1-12-7-4-11-3-2-8(7)14-5-6(10)9(12)13/h2-4,6H,5,10H2,1H3/t6-/m0/s1. The summed E-state index contributed by atoms with van der Waals surface area (Å²) in [6.07, 6.45) is 3.21. The van der Waals surface area contributed by atoms with Crippen LogP contribution in [0.2, 0.25) is 0 Å². The van der Waals surface area contributed by atoms with Crippen LogP contribution in [-0.4, -0.2) is 30.6 Å². The van der Waals surface area contributed by atoms with Gasteiger partial charge in [0.25, 0.3) is 0 Å². The summed E-state index contributed by atoms with van der Waals surface area (Å²) in [6, 6.07) is 1.12. The first-order chi connectivity index (χ1) is 6.70. The fraction of sp³-hybridized carbons (Fsp3) is 0.333. The Bertz CT molecular complexity index is 367. The number of fused-ring (bicyclic) bond motifs is 1. The van der Waals surface area contributed by atoms with E-state index in [9.17, 15) is 4.79 Å². The lowest BCUT2D eigenvalue weighted by molar-refractivity contribution is -0.119. The van der Waals surface area contributed by atoms with E-state index in [1.807, 2.05) is 0 Å². The lowest BCUT2D eigenvalue weighted by atomic mass is 10.3. The van der Waals surface area contributed by atoms with Gasteiger partial charge in [0.15, 0.2) is 0 Å². The molecular weight excluding hydrogens is 182 g/mol. The molecule has 0 spiro atoms. The molecule has 1 aliphatic rings. The monoisotopic (exact) mass is 193 g/mol. The number of hydrogen-bond donors (Lipinski definition) is 1. The van der Waals surface area contributed by atoms with E-state index in [0.717, 1.165) is 0 Å². The minimum atomic E-state index is -0.604. The van der Waals surface area contributed by atoms with Crippen molar-refractivity contribution in [1.82, 2.24) is 4.98 Å². The summed E-state index contributed by atoms with van der Waals surface area (Å²) >= 11 is 0. The summed E-state index contributed by atoms with van der Waals surface area (Å²) in [6.45, 7) is 0.209. The molecule has 2 N–H and O–H groups in total. The number of nitrogens with two attached hydrogens (primary N) is 1. The molecule has 14 heavy (non-hydrogen) atoms. The first-order valence-electron chi connectivity index (χ1n) is 4.30. The first-order valence-corrected chi connectivity index (χ1v) is 4.30. The molecule has 0 saturated heterocycles. The van der Waals surface area contributed by atoms with Crippen molar-refractivity contribution in [3.05, 3.63) is 18.5 Å². The van der Waals surface area contributed by atoms with Gasteiger partial charge >= 0.3 is 0 Å². The highest BCUT2D eigenvalue weighted by atomic mass is 16.5. The summed E-state index contributed by atoms with van der Waals surface area (Å²) in [7, 11) is 1.66. The highest BCUT2D eigenvalue weighted by Crippen LogP contribution is 2.28. The van der Waals surface area contributed by atoms with E-state index in [1.165, 1.54) is 4.90 Å². The Hall–Kier alpha value is -1.62. The van der Waals surface area contributed by atoms with Crippen molar-refractivity contribution in [2.24, 2.45) is 5.73 Å². The molecule has 1 atom stereocenters. The maximum atomic E-state index is 11.6. The molecule has 2 rings (SSSR count). The van der Waals surface area contributed by atoms with Gasteiger partial charge < -0.3 is 15.4 Å². The number of aromatic nitrogens is 1. The van der Waals surface area contributed by atoms with Crippen LogP contribution in [0.1, 0.15) is 0 Å². The molecule has 0 saturated carbocycles. The van der Waals surface area contributed by atoms with Crippen molar-refractivity contribution in [2.45, 2.75) is 6.04 Å². The molecule has 2 heterocycles. The van der Waals surface area contributed by atoms with Crippen molar-refractivity contribution in [3.63, 3.8) is 0 Å². The SMILES string of the molecule is CN1C(=O)[C@@H](N)COc2ccncc21. The average Bonchev–Trinajstić information content (AvgIpc) is 2.32. The summed E-state index contributed by atoms with van der Waals surface area (Å²) in [5, 5.41) is 0. The van der Waals surface area contributed by atoms with Crippen LogP contribution in [0.4, 0.5) is 5.69 Å². The van der Waals surface area contributed by atoms with Gasteiger partial charge in [0, 0.05) is 19.3 Å². The van der Waals surface area contributed by atoms with Gasteiger partial charge in [0.1, 0.15) is 24.1 Å². The number of anilines is 1. The largest absolute Gasteiger partial charge is 0.489 e. The second-order valence-electron chi connectivity index (χ2n) is 3.16. The molecule has 0 fully saturated rings. The van der Waals surface area contributed by atoms with E-state index in [4.69, 9.17) is 10.5 Å². The van der Waals surface area contributed by atoms with Gasteiger partial charge in [-0.2, -0.15) is 0 Å². The molecular formula is C9H11N3O2. The third kappa shape index (κ3) is 1.31. The van der Waals surface area contributed by atoms with Crippen LogP contribution >= 0.6 is 0 Å². The normalized spacial score (nSPS) is 21.1. The summed E-state index contributed by atoms with van der Waals surface area (Å²) in [5.74, 6) is 0.487. The van der Waals surface area contributed by atoms with E-state index >= 15 is 0 Å². The Morgan fingerprint density at radius 2 is 2.50 bits per heavy atom. The van der Waals surface area contributed by atoms with E-state index in [2.05, 4.69) is 4.98 Å². The van der Waals surface area contributed by atoms with Gasteiger partial charge in [-0.25, -0.2) is 0 Å². The van der Waals surface area contributed by atoms with Crippen LogP contribution in [0.25, 0.3) is 0 Å². The molecule has 1 aromatic heterocycles. The topological polar surface area (TPSA) is 68.5 Å². The van der Waals surface area contributed by atoms with Crippen molar-refractivity contribution < 1.29 is 9.53 Å². The van der Waals surface area contributed by atoms with Gasteiger partial charge in [-0.1, -0.05) is 0 Å². The Labute approximate surface area is 81.5 Å². The number of hydrogen-bond acceptors (Lipinski definition) is 4. The third-order valence-corrected chi connectivity index (χ3v) is 2.19. The maximum absolute atomic E-state index is 11.6. The van der Waals surface area contributed by atoms with Gasteiger partial charge in [0.2, 0.25) is 5.91 Å². The van der Waals surface area contributed by atoms with Gasteiger partial charge in [0.05, 0.1) is 6.20 Å². The van der Waals surface area contributed by atoms with Crippen molar-refractivity contribution >= 4 is 11.6 Å². The Morgan fingerprint density at radius 1 is 1.71 bits per heavy atom. The van der Waals surface area contributed by atoms with E-state index in [-0.39, 0.29) is 12.5 Å². The number of carbonyl (C=O) groups excluding carboxylic acids is 1. The Balaban J connectivity index is 2.45. The molecule has 0 radical (unpaired) electrons. The van der Waals surface area contributed by atoms with E-state index < -0.39 is 6.04 Å². The fourth-order valence-electron chi connectivity index (χ4n) is 1.37. The molecule has 1 aliphatic heterocycles. The van der Waals surface area contributed by atoms with Gasteiger partial charge in [-0.3, -0.25) is 9.78 Å². The molecule has 0 unspecified atom stereocenters. The molecule has 1 amide bonds. The van der Waals surface area contributed by atoms with Crippen molar-refractivity contribution in [3.8, 4) is 5.75 Å². The molecule has 74 valence electrons. The van der Waals surface area contributed by atoms with Crippen LogP contribution in [0.15, 0.2) is 18.5 Å². The van der Waals surface area contributed by atoms with Crippen LogP contribution in [-0.2, 0) is 4.79 Å². The maximum Gasteiger partial charge on any atom is 0.247 e. The predicted molar refractivity (Wildman–Crippen MR) is 51.1 cm³/mol. The smallest absolute Gasteiger partial charge is 0.247 e. The van der Waals surface area contributed by atoms with Crippen molar-refractivity contribution in [1.29, 1.82) is 0 Å². The second-order valence-corrected chi connectivity index (χ2v) is 3.16. The number of likely N-dealkylation sites (N-methyl/N-ethyl adjacent to an activating group) is 1. The predicted octanol–water partition coefficient (Wildman–Crippen LogP) is -0.236. The lowest BCUT2D eigenvalue weighted by Gasteiger charge is -2.16. The van der Waals surface area contributed by atoms with E-state index in [1.54, 1.807) is 25.5 Å². The number of nitrogens with zero attached hydrogens (tertiary/aromatic N) is 2. The molecule has 0 aliphatic carbocycles. The van der Waals surface area contributed by atoms with Crippen LogP contribution in [0.5, 0.6) is 5.75 Å². The van der Waals surface area contributed by atoms with Crippen molar-refractivity contribution in [2.75, 3.05) is 18.6 Å². The lowest BCUT2D eigenvalue weighted by Crippen LogP contribution is -2.43. The van der Waals surface area contributed by atoms with E-state index in [0.29, 0.717) is 11.4 Å². The zero-order valence-corrected chi connectivity index (χ0v) is 7.80. The number of ether oxygens (including phenoxy) is 1. The van der Waals surface area contributed by atoms with Gasteiger partial charge in [-0.15, -0.1) is 0 Å². The minimum absolute atomic E-state index is 0.156. The summed E-state index contributed by atoms with van der Waals surface area (Å²) in [5.41, 5.74) is 6.27. The summed E-state index contributed by atoms with van der Waals surface area (Å²) in [4.78, 5) is 17.0. The van der Waals surface area contributed by atoms with Crippen LogP contribution in [0, 0.1) is 0 Å². The van der Waals surface area contributed by atoms with Crippen LogP contribution < -0.4 is 15.4 Å². The van der Waals surface area contributed by atoms with Gasteiger partial charge in [-0.05, 0) is 0 Å². The highest BCUT2D eigenvalue weighted by Gasteiger charge is 2.26. The molecule has 0 aromatic carbocycles. The second kappa shape index (κ2) is 3.26. The Kier molecular flexibility index (Phi) is 2.09. The Morgan fingerprint density at radius 3 is 3.29 bits per heavy atom. The minimum Gasteiger partial charge on any atom is -0.489 e. The van der Waals surface area contributed by atoms with Crippen LogP contribution in [0.3, 0.4) is 0 Å². The molecule has 5 heteroatoms. The number of rotatable bonds is 0. The molecule has 5 nitrogen and oxygen atoms in total.